The van der Waals surface area contributed by atoms with Gasteiger partial charge in [-0.15, -0.1) is 0 Å². The number of aryl methyl sites for hydroxylation is 1. The van der Waals surface area contributed by atoms with Gasteiger partial charge in [-0.3, -0.25) is 0 Å². The fraction of sp³-hybridized carbons (Fsp3) is 0.333. The molecule has 0 aromatic heterocycles. The average molecular weight is 211 g/mol. The number of ether oxygens (including phenoxy) is 1. The van der Waals surface area contributed by atoms with Crippen molar-refractivity contribution in [3.05, 3.63) is 41.4 Å². The fourth-order valence-corrected chi connectivity index (χ4v) is 1.45. The molecule has 0 amide bonds. The molecule has 0 saturated heterocycles. The van der Waals surface area contributed by atoms with Gasteiger partial charge < -0.3 is 4.74 Å². The first-order valence-corrected chi connectivity index (χ1v) is 5.06. The van der Waals surface area contributed by atoms with Gasteiger partial charge in [-0.05, 0) is 37.0 Å². The summed E-state index contributed by atoms with van der Waals surface area (Å²) < 4.78 is 5.14. The van der Waals surface area contributed by atoms with E-state index in [9.17, 15) is 0 Å². The van der Waals surface area contributed by atoms with E-state index in [0.717, 1.165) is 30.0 Å². The van der Waals surface area contributed by atoms with Crippen molar-refractivity contribution in [1.29, 1.82) is 0 Å². The molecule has 1 nitrogen and oxygen atoms in total. The van der Waals surface area contributed by atoms with Gasteiger partial charge in [0.1, 0.15) is 5.75 Å². The van der Waals surface area contributed by atoms with E-state index in [0.29, 0.717) is 0 Å². The Labute approximate surface area is 90.3 Å². The highest BCUT2D eigenvalue weighted by Gasteiger charge is 1.96. The van der Waals surface area contributed by atoms with E-state index in [-0.39, 0.29) is 0 Å². The molecule has 1 rings (SSSR count). The summed E-state index contributed by atoms with van der Waals surface area (Å²) in [5.41, 5.74) is 1.28. The maximum Gasteiger partial charge on any atom is 0.119 e. The number of hydrogen-bond acceptors (Lipinski definition) is 1. The lowest BCUT2D eigenvalue weighted by atomic mass is 10.1. The summed E-state index contributed by atoms with van der Waals surface area (Å²) in [5, 5.41) is 0.730. The Bertz CT molecular complexity index is 307. The van der Waals surface area contributed by atoms with Crippen LogP contribution in [-0.2, 0) is 6.42 Å². The molecule has 0 N–H and O–H groups in total. The Hall–Kier alpha value is -0.950. The molecule has 76 valence electrons. The topological polar surface area (TPSA) is 9.23 Å². The molecule has 1 aromatic carbocycles. The van der Waals surface area contributed by atoms with Gasteiger partial charge >= 0.3 is 0 Å². The van der Waals surface area contributed by atoms with E-state index in [1.165, 1.54) is 5.56 Å². The zero-order valence-corrected chi connectivity index (χ0v) is 9.18. The molecule has 0 aliphatic carbocycles. The minimum absolute atomic E-state index is 0.730. The van der Waals surface area contributed by atoms with Crippen molar-refractivity contribution in [2.24, 2.45) is 0 Å². The third-order valence-electron chi connectivity index (χ3n) is 2.05. The van der Waals surface area contributed by atoms with E-state index in [2.05, 4.69) is 18.7 Å². The summed E-state index contributed by atoms with van der Waals surface area (Å²) in [5.74, 6) is 0.909. The molecule has 0 aliphatic rings. The molecule has 0 unspecified atom stereocenters. The van der Waals surface area contributed by atoms with Crippen LogP contribution in [0.3, 0.4) is 0 Å². The number of halogens is 1. The molecule has 0 saturated carbocycles. The summed E-state index contributed by atoms with van der Waals surface area (Å²) >= 11 is 5.68. The molecule has 0 aliphatic heterocycles. The molecule has 0 fully saturated rings. The molecule has 0 atom stereocenters. The zero-order valence-electron chi connectivity index (χ0n) is 8.42. The number of hydrogen-bond donors (Lipinski definition) is 0. The Morgan fingerprint density at radius 3 is 2.93 bits per heavy atom. The third-order valence-corrected chi connectivity index (χ3v) is 2.24. The van der Waals surface area contributed by atoms with Crippen LogP contribution in [0, 0.1) is 0 Å². The van der Waals surface area contributed by atoms with Crippen LogP contribution in [0.5, 0.6) is 5.75 Å². The number of allylic oxidation sites excluding steroid dienone is 1. The first kappa shape index (κ1) is 11.1. The lowest BCUT2D eigenvalue weighted by Gasteiger charge is -2.03. The maximum absolute atomic E-state index is 5.68. The van der Waals surface area contributed by atoms with Crippen LogP contribution < -0.4 is 4.74 Å². The van der Waals surface area contributed by atoms with Crippen molar-refractivity contribution in [2.45, 2.75) is 19.3 Å². The summed E-state index contributed by atoms with van der Waals surface area (Å²) in [4.78, 5) is 0. The Morgan fingerprint density at radius 2 is 2.29 bits per heavy atom. The highest BCUT2D eigenvalue weighted by atomic mass is 35.5. The molecule has 14 heavy (non-hydrogen) atoms. The van der Waals surface area contributed by atoms with E-state index in [1.54, 1.807) is 7.11 Å². The van der Waals surface area contributed by atoms with Crippen molar-refractivity contribution in [3.8, 4) is 5.75 Å². The van der Waals surface area contributed by atoms with Gasteiger partial charge in [0.2, 0.25) is 0 Å². The lowest BCUT2D eigenvalue weighted by Crippen LogP contribution is -1.88. The van der Waals surface area contributed by atoms with E-state index in [1.807, 2.05) is 12.1 Å². The largest absolute Gasteiger partial charge is 0.497 e. The van der Waals surface area contributed by atoms with Crippen LogP contribution in [0.2, 0.25) is 0 Å². The second-order valence-corrected chi connectivity index (χ2v) is 3.76. The van der Waals surface area contributed by atoms with Gasteiger partial charge in [-0.25, -0.2) is 0 Å². The quantitative estimate of drug-likeness (QED) is 0.719. The summed E-state index contributed by atoms with van der Waals surface area (Å²) in [6.07, 6.45) is 2.93. The Balaban J connectivity index is 2.46. The highest BCUT2D eigenvalue weighted by Crippen LogP contribution is 2.16. The van der Waals surface area contributed by atoms with Crippen molar-refractivity contribution in [3.63, 3.8) is 0 Å². The maximum atomic E-state index is 5.68. The standard InChI is InChI=1S/C12H15ClO/c1-10(13)5-3-6-11-7-4-8-12(9-11)14-2/h4,7-9H,1,3,5-6H2,2H3. The lowest BCUT2D eigenvalue weighted by molar-refractivity contribution is 0.414. The van der Waals surface area contributed by atoms with Crippen LogP contribution in [-0.4, -0.2) is 7.11 Å². The van der Waals surface area contributed by atoms with Gasteiger partial charge in [0.15, 0.2) is 0 Å². The van der Waals surface area contributed by atoms with Crippen LogP contribution in [0.25, 0.3) is 0 Å². The molecule has 0 radical (unpaired) electrons. The monoisotopic (exact) mass is 210 g/mol. The molecule has 0 bridgehead atoms. The molecule has 1 aromatic rings. The van der Waals surface area contributed by atoms with Crippen LogP contribution >= 0.6 is 11.6 Å². The van der Waals surface area contributed by atoms with Crippen molar-refractivity contribution < 1.29 is 4.74 Å². The second kappa shape index (κ2) is 5.71. The predicted molar refractivity (Wildman–Crippen MR) is 60.9 cm³/mol. The Kier molecular flexibility index (Phi) is 4.54. The fourth-order valence-electron chi connectivity index (χ4n) is 1.31. The summed E-state index contributed by atoms with van der Waals surface area (Å²) in [6, 6.07) is 8.10. The summed E-state index contributed by atoms with van der Waals surface area (Å²) in [6.45, 7) is 3.66. The van der Waals surface area contributed by atoms with Crippen molar-refractivity contribution in [1.82, 2.24) is 0 Å². The van der Waals surface area contributed by atoms with Gasteiger partial charge in [0, 0.05) is 5.03 Å². The zero-order chi connectivity index (χ0) is 10.4. The SMILES string of the molecule is C=C(Cl)CCCc1cccc(OC)c1. The van der Waals surface area contributed by atoms with Gasteiger partial charge in [-0.2, -0.15) is 0 Å². The van der Waals surface area contributed by atoms with Gasteiger partial charge in [0.05, 0.1) is 7.11 Å². The first-order chi connectivity index (χ1) is 6.72. The molecule has 0 heterocycles. The van der Waals surface area contributed by atoms with E-state index in [4.69, 9.17) is 16.3 Å². The smallest absolute Gasteiger partial charge is 0.119 e. The Morgan fingerprint density at radius 1 is 1.50 bits per heavy atom. The molecule has 2 heteroatoms. The van der Waals surface area contributed by atoms with Gasteiger partial charge in [-0.1, -0.05) is 30.3 Å². The number of benzene rings is 1. The van der Waals surface area contributed by atoms with E-state index >= 15 is 0 Å². The van der Waals surface area contributed by atoms with Crippen LogP contribution in [0.15, 0.2) is 35.9 Å². The minimum atomic E-state index is 0.730. The molecular weight excluding hydrogens is 196 g/mol. The predicted octanol–water partition coefficient (Wildman–Crippen LogP) is 3.77. The van der Waals surface area contributed by atoms with E-state index < -0.39 is 0 Å². The second-order valence-electron chi connectivity index (χ2n) is 3.22. The van der Waals surface area contributed by atoms with Crippen LogP contribution in [0.1, 0.15) is 18.4 Å². The molecular formula is C12H15ClO. The van der Waals surface area contributed by atoms with Crippen LogP contribution in [0.4, 0.5) is 0 Å². The number of rotatable bonds is 5. The van der Waals surface area contributed by atoms with Crippen molar-refractivity contribution >= 4 is 11.6 Å². The first-order valence-electron chi connectivity index (χ1n) is 4.68. The number of methoxy groups -OCH3 is 1. The normalized spacial score (nSPS) is 9.86. The van der Waals surface area contributed by atoms with Crippen molar-refractivity contribution in [2.75, 3.05) is 7.11 Å². The molecule has 0 spiro atoms. The van der Waals surface area contributed by atoms with Gasteiger partial charge in [0.25, 0.3) is 0 Å². The summed E-state index contributed by atoms with van der Waals surface area (Å²) in [7, 11) is 1.68. The highest BCUT2D eigenvalue weighted by molar-refractivity contribution is 6.29. The third kappa shape index (κ3) is 3.84. The average Bonchev–Trinajstić information content (AvgIpc) is 2.18. The minimum Gasteiger partial charge on any atom is -0.497 e.